The molecule has 4 nitrogen and oxygen atoms in total. The normalized spacial score (nSPS) is 10.6. The van der Waals surface area contributed by atoms with Crippen molar-refractivity contribution in [3.8, 4) is 17.0 Å². The molecule has 0 aliphatic heterocycles. The van der Waals surface area contributed by atoms with Crippen LogP contribution in [0.25, 0.3) is 22.2 Å². The first kappa shape index (κ1) is 9.84. The molecule has 4 heteroatoms. The van der Waals surface area contributed by atoms with Gasteiger partial charge in [-0.15, -0.1) is 0 Å². The lowest BCUT2D eigenvalue weighted by Gasteiger charge is -2.07. The Bertz CT molecular complexity index is 660. The van der Waals surface area contributed by atoms with E-state index in [0.717, 1.165) is 27.9 Å². The number of benzene rings is 1. The zero-order chi connectivity index (χ0) is 11.7. The third kappa shape index (κ3) is 1.54. The zero-order valence-corrected chi connectivity index (χ0v) is 9.34. The molecule has 0 bridgehead atoms. The summed E-state index contributed by atoms with van der Waals surface area (Å²) in [4.78, 5) is 4.42. The fourth-order valence-corrected chi connectivity index (χ4v) is 1.92. The summed E-state index contributed by atoms with van der Waals surface area (Å²) in [7, 11) is 1.66. The van der Waals surface area contributed by atoms with Crippen molar-refractivity contribution in [3.63, 3.8) is 0 Å². The maximum Gasteiger partial charge on any atom is 0.128 e. The molecule has 0 atom stereocenters. The van der Waals surface area contributed by atoms with E-state index < -0.39 is 0 Å². The minimum Gasteiger partial charge on any atom is -0.496 e. The van der Waals surface area contributed by atoms with E-state index in [0.29, 0.717) is 0 Å². The van der Waals surface area contributed by atoms with Crippen molar-refractivity contribution < 1.29 is 4.74 Å². The van der Waals surface area contributed by atoms with Crippen LogP contribution in [0.4, 0.5) is 0 Å². The highest BCUT2D eigenvalue weighted by molar-refractivity contribution is 5.93. The van der Waals surface area contributed by atoms with Gasteiger partial charge in [0.15, 0.2) is 0 Å². The van der Waals surface area contributed by atoms with Crippen molar-refractivity contribution in [2.75, 3.05) is 7.11 Å². The van der Waals surface area contributed by atoms with Crippen LogP contribution in [0.3, 0.4) is 0 Å². The summed E-state index contributed by atoms with van der Waals surface area (Å²) in [6.07, 6.45) is 3.55. The van der Waals surface area contributed by atoms with Gasteiger partial charge in [0.2, 0.25) is 0 Å². The van der Waals surface area contributed by atoms with Gasteiger partial charge in [0.1, 0.15) is 5.75 Å². The van der Waals surface area contributed by atoms with Crippen LogP contribution in [-0.2, 0) is 0 Å². The van der Waals surface area contributed by atoms with Gasteiger partial charge in [0.05, 0.1) is 24.5 Å². The highest BCUT2D eigenvalue weighted by atomic mass is 16.5. The van der Waals surface area contributed by atoms with Gasteiger partial charge in [0.25, 0.3) is 0 Å². The number of nitrogens with zero attached hydrogens (tertiary/aromatic N) is 2. The van der Waals surface area contributed by atoms with Crippen molar-refractivity contribution in [1.82, 2.24) is 15.2 Å². The van der Waals surface area contributed by atoms with E-state index in [1.807, 2.05) is 30.3 Å². The lowest BCUT2D eigenvalue weighted by molar-refractivity contribution is 0.416. The highest BCUT2D eigenvalue weighted by Crippen LogP contribution is 2.32. The average Bonchev–Trinajstić information content (AvgIpc) is 2.86. The number of H-pyrrole nitrogens is 1. The Labute approximate surface area is 98.3 Å². The van der Waals surface area contributed by atoms with E-state index in [2.05, 4.69) is 15.2 Å². The van der Waals surface area contributed by atoms with E-state index in [-0.39, 0.29) is 0 Å². The van der Waals surface area contributed by atoms with Crippen LogP contribution >= 0.6 is 0 Å². The van der Waals surface area contributed by atoms with Gasteiger partial charge >= 0.3 is 0 Å². The summed E-state index contributed by atoms with van der Waals surface area (Å²) < 4.78 is 5.35. The van der Waals surface area contributed by atoms with E-state index >= 15 is 0 Å². The van der Waals surface area contributed by atoms with Gasteiger partial charge in [-0.25, -0.2) is 0 Å². The van der Waals surface area contributed by atoms with Crippen molar-refractivity contribution in [2.24, 2.45) is 0 Å². The predicted octanol–water partition coefficient (Wildman–Crippen LogP) is 2.63. The predicted molar refractivity (Wildman–Crippen MR) is 65.9 cm³/mol. The summed E-state index contributed by atoms with van der Waals surface area (Å²) in [6.45, 7) is 0. The first-order valence-electron chi connectivity index (χ1n) is 5.31. The van der Waals surface area contributed by atoms with E-state index in [4.69, 9.17) is 4.74 Å². The third-order valence-electron chi connectivity index (χ3n) is 2.73. The molecular weight excluding hydrogens is 214 g/mol. The van der Waals surface area contributed by atoms with Crippen molar-refractivity contribution in [1.29, 1.82) is 0 Å². The zero-order valence-electron chi connectivity index (χ0n) is 9.34. The maximum atomic E-state index is 5.35. The van der Waals surface area contributed by atoms with Crippen molar-refractivity contribution >= 4 is 10.9 Å². The first-order chi connectivity index (χ1) is 8.40. The number of aromatic amines is 1. The fraction of sp³-hybridized carbons (Fsp3) is 0.0769. The molecule has 0 amide bonds. The smallest absolute Gasteiger partial charge is 0.128 e. The number of rotatable bonds is 2. The molecule has 0 saturated heterocycles. The van der Waals surface area contributed by atoms with Crippen LogP contribution in [0.2, 0.25) is 0 Å². The molecule has 2 aromatic heterocycles. The molecule has 2 heterocycles. The van der Waals surface area contributed by atoms with Crippen molar-refractivity contribution in [2.45, 2.75) is 0 Å². The molecule has 0 spiro atoms. The maximum absolute atomic E-state index is 5.35. The molecule has 17 heavy (non-hydrogen) atoms. The lowest BCUT2D eigenvalue weighted by atomic mass is 10.1. The Hall–Kier alpha value is -2.36. The second kappa shape index (κ2) is 3.90. The Morgan fingerprint density at radius 1 is 1.18 bits per heavy atom. The molecule has 0 radical (unpaired) electrons. The Kier molecular flexibility index (Phi) is 2.26. The summed E-state index contributed by atoms with van der Waals surface area (Å²) >= 11 is 0. The number of aromatic nitrogens is 3. The van der Waals surface area contributed by atoms with Gasteiger partial charge in [-0.2, -0.15) is 5.10 Å². The van der Waals surface area contributed by atoms with Crippen LogP contribution in [0.15, 0.2) is 42.7 Å². The molecular formula is C13H11N3O. The van der Waals surface area contributed by atoms with Gasteiger partial charge in [-0.05, 0) is 18.2 Å². The first-order valence-corrected chi connectivity index (χ1v) is 5.31. The number of pyridine rings is 1. The van der Waals surface area contributed by atoms with E-state index in [1.165, 1.54) is 0 Å². The summed E-state index contributed by atoms with van der Waals surface area (Å²) in [6, 6.07) is 9.74. The van der Waals surface area contributed by atoms with Crippen LogP contribution in [-0.4, -0.2) is 22.3 Å². The molecule has 3 aromatic rings. The molecule has 0 unspecified atom stereocenters. The minimum atomic E-state index is 0.814. The Morgan fingerprint density at radius 3 is 2.94 bits per heavy atom. The Morgan fingerprint density at radius 2 is 2.06 bits per heavy atom. The minimum absolute atomic E-state index is 0.814. The van der Waals surface area contributed by atoms with Gasteiger partial charge in [-0.3, -0.25) is 10.1 Å². The molecule has 0 saturated carbocycles. The Balaban J connectivity index is 2.30. The van der Waals surface area contributed by atoms with Crippen LogP contribution < -0.4 is 4.74 Å². The fourth-order valence-electron chi connectivity index (χ4n) is 1.92. The number of methoxy groups -OCH3 is 1. The summed E-state index contributed by atoms with van der Waals surface area (Å²) in [5.41, 5.74) is 2.83. The molecule has 1 aromatic carbocycles. The number of para-hydroxylation sites is 1. The molecule has 84 valence electrons. The van der Waals surface area contributed by atoms with Gasteiger partial charge in [0, 0.05) is 17.1 Å². The lowest BCUT2D eigenvalue weighted by Crippen LogP contribution is -1.90. The second-order valence-electron chi connectivity index (χ2n) is 3.69. The van der Waals surface area contributed by atoms with Crippen molar-refractivity contribution in [3.05, 3.63) is 42.7 Å². The molecule has 0 aliphatic carbocycles. The van der Waals surface area contributed by atoms with E-state index in [1.54, 1.807) is 19.5 Å². The third-order valence-corrected chi connectivity index (χ3v) is 2.73. The van der Waals surface area contributed by atoms with Crippen LogP contribution in [0.5, 0.6) is 5.75 Å². The highest BCUT2D eigenvalue weighted by Gasteiger charge is 2.10. The molecule has 1 N–H and O–H groups in total. The standard InChI is InChI=1S/C13H11N3O/c1-17-12-5-3-2-4-9(12)13-10-8-15-16-11(10)6-7-14-13/h2-8H,1H3,(H,15,16). The number of nitrogens with one attached hydrogen (secondary N) is 1. The average molecular weight is 225 g/mol. The largest absolute Gasteiger partial charge is 0.496 e. The molecule has 3 rings (SSSR count). The number of ether oxygens (including phenoxy) is 1. The van der Waals surface area contributed by atoms with E-state index in [9.17, 15) is 0 Å². The van der Waals surface area contributed by atoms with Gasteiger partial charge in [-0.1, -0.05) is 12.1 Å². The summed E-state index contributed by atoms with van der Waals surface area (Å²) in [5.74, 6) is 0.814. The topological polar surface area (TPSA) is 50.8 Å². The summed E-state index contributed by atoms with van der Waals surface area (Å²) in [5, 5.41) is 7.97. The van der Waals surface area contributed by atoms with Gasteiger partial charge < -0.3 is 4.74 Å². The monoisotopic (exact) mass is 225 g/mol. The SMILES string of the molecule is COc1ccccc1-c1nccc2[nH]ncc12. The number of hydrogen-bond donors (Lipinski definition) is 1. The molecule has 0 fully saturated rings. The second-order valence-corrected chi connectivity index (χ2v) is 3.69. The quantitative estimate of drug-likeness (QED) is 0.729. The number of fused-ring (bicyclic) bond motifs is 1. The van der Waals surface area contributed by atoms with Crippen LogP contribution in [0, 0.1) is 0 Å². The van der Waals surface area contributed by atoms with Crippen LogP contribution in [0.1, 0.15) is 0 Å². The number of hydrogen-bond acceptors (Lipinski definition) is 3. The molecule has 0 aliphatic rings.